The summed E-state index contributed by atoms with van der Waals surface area (Å²) < 4.78 is 5.38. The number of carbonyl (C=O) groups is 1. The molecule has 1 amide bonds. The molecular formula is C14H24N2O2. The van der Waals surface area contributed by atoms with E-state index in [1.807, 2.05) is 20.8 Å². The first-order valence-corrected chi connectivity index (χ1v) is 6.87. The summed E-state index contributed by atoms with van der Waals surface area (Å²) in [7, 11) is 0. The molecule has 0 aromatic rings. The quantitative estimate of drug-likeness (QED) is 0.719. The van der Waals surface area contributed by atoms with Crippen molar-refractivity contribution in [3.05, 3.63) is 11.8 Å². The number of rotatable bonds is 1. The number of hydrogen-bond donors (Lipinski definition) is 0. The van der Waals surface area contributed by atoms with Crippen LogP contribution in [-0.4, -0.2) is 47.7 Å². The van der Waals surface area contributed by atoms with E-state index < -0.39 is 5.60 Å². The molecule has 102 valence electrons. The van der Waals surface area contributed by atoms with E-state index in [0.29, 0.717) is 6.54 Å². The highest BCUT2D eigenvalue weighted by molar-refractivity contribution is 5.68. The van der Waals surface area contributed by atoms with Crippen LogP contribution < -0.4 is 0 Å². The average molecular weight is 252 g/mol. The Morgan fingerprint density at radius 3 is 2.39 bits per heavy atom. The van der Waals surface area contributed by atoms with Gasteiger partial charge in [-0.05, 0) is 39.7 Å². The molecule has 0 atom stereocenters. The zero-order valence-electron chi connectivity index (χ0n) is 11.7. The van der Waals surface area contributed by atoms with Crippen molar-refractivity contribution in [2.45, 2.75) is 45.6 Å². The highest BCUT2D eigenvalue weighted by Crippen LogP contribution is 2.21. The number of amides is 1. The van der Waals surface area contributed by atoms with Crippen molar-refractivity contribution in [3.63, 3.8) is 0 Å². The fourth-order valence-corrected chi connectivity index (χ4v) is 2.44. The summed E-state index contributed by atoms with van der Waals surface area (Å²) in [5.41, 5.74) is 1.00. The Hall–Kier alpha value is -1.19. The summed E-state index contributed by atoms with van der Waals surface area (Å²) in [5.74, 6) is 0. The first-order chi connectivity index (χ1) is 8.46. The van der Waals surface area contributed by atoms with Gasteiger partial charge in [0.2, 0.25) is 0 Å². The van der Waals surface area contributed by atoms with Crippen LogP contribution in [0.1, 0.15) is 40.0 Å². The van der Waals surface area contributed by atoms with Gasteiger partial charge in [-0.2, -0.15) is 0 Å². The topological polar surface area (TPSA) is 32.8 Å². The molecule has 0 aromatic heterocycles. The Balaban J connectivity index is 1.87. The van der Waals surface area contributed by atoms with Crippen LogP contribution in [0.2, 0.25) is 0 Å². The molecule has 0 N–H and O–H groups in total. The highest BCUT2D eigenvalue weighted by atomic mass is 16.6. The smallest absolute Gasteiger partial charge is 0.410 e. The van der Waals surface area contributed by atoms with Crippen LogP contribution in [0.15, 0.2) is 11.8 Å². The summed E-state index contributed by atoms with van der Waals surface area (Å²) >= 11 is 0. The van der Waals surface area contributed by atoms with Gasteiger partial charge in [-0.25, -0.2) is 4.79 Å². The first kappa shape index (κ1) is 13.2. The molecule has 18 heavy (non-hydrogen) atoms. The van der Waals surface area contributed by atoms with Crippen LogP contribution in [0, 0.1) is 0 Å². The lowest BCUT2D eigenvalue weighted by Crippen LogP contribution is -2.40. The molecule has 0 radical (unpaired) electrons. The van der Waals surface area contributed by atoms with Crippen LogP contribution in [0.3, 0.4) is 0 Å². The molecule has 2 aliphatic rings. The standard InChI is InChI=1S/C14H24N2O2/c1-14(2,3)18-13(17)16-10-6-12(7-11-16)15-8-4-5-9-15/h6H,4-5,7-11H2,1-3H3. The van der Waals surface area contributed by atoms with Gasteiger partial charge in [0.25, 0.3) is 0 Å². The summed E-state index contributed by atoms with van der Waals surface area (Å²) in [5, 5.41) is 0. The molecule has 4 heteroatoms. The van der Waals surface area contributed by atoms with Gasteiger partial charge in [0.1, 0.15) is 5.60 Å². The minimum absolute atomic E-state index is 0.195. The summed E-state index contributed by atoms with van der Waals surface area (Å²) in [6, 6.07) is 0. The second-order valence-corrected chi connectivity index (χ2v) is 6.07. The van der Waals surface area contributed by atoms with Crippen LogP contribution >= 0.6 is 0 Å². The fourth-order valence-electron chi connectivity index (χ4n) is 2.44. The van der Waals surface area contributed by atoms with Crippen LogP contribution in [0.25, 0.3) is 0 Å². The third-order valence-corrected chi connectivity index (χ3v) is 3.35. The molecule has 1 fully saturated rings. The monoisotopic (exact) mass is 252 g/mol. The summed E-state index contributed by atoms with van der Waals surface area (Å²) in [4.78, 5) is 16.1. The van der Waals surface area contributed by atoms with E-state index in [2.05, 4.69) is 11.0 Å². The van der Waals surface area contributed by atoms with Gasteiger partial charge >= 0.3 is 6.09 Å². The van der Waals surface area contributed by atoms with Crippen molar-refractivity contribution in [2.24, 2.45) is 0 Å². The van der Waals surface area contributed by atoms with Gasteiger partial charge in [0.15, 0.2) is 0 Å². The van der Waals surface area contributed by atoms with Crippen molar-refractivity contribution in [3.8, 4) is 0 Å². The third-order valence-electron chi connectivity index (χ3n) is 3.35. The Morgan fingerprint density at radius 2 is 1.89 bits per heavy atom. The zero-order valence-corrected chi connectivity index (χ0v) is 11.7. The maximum absolute atomic E-state index is 11.9. The van der Waals surface area contributed by atoms with Crippen molar-refractivity contribution >= 4 is 6.09 Å². The molecule has 0 aliphatic carbocycles. The average Bonchev–Trinajstić information content (AvgIpc) is 2.80. The fraction of sp³-hybridized carbons (Fsp3) is 0.786. The predicted molar refractivity (Wildman–Crippen MR) is 71.3 cm³/mol. The van der Waals surface area contributed by atoms with E-state index in [4.69, 9.17) is 4.74 Å². The molecule has 0 unspecified atom stereocenters. The van der Waals surface area contributed by atoms with Crippen LogP contribution in [-0.2, 0) is 4.74 Å². The molecule has 2 heterocycles. The maximum atomic E-state index is 11.9. The van der Waals surface area contributed by atoms with E-state index >= 15 is 0 Å². The molecule has 0 spiro atoms. The lowest BCUT2D eigenvalue weighted by molar-refractivity contribution is 0.0260. The first-order valence-electron chi connectivity index (χ1n) is 6.87. The predicted octanol–water partition coefficient (Wildman–Crippen LogP) is 2.61. The molecular weight excluding hydrogens is 228 g/mol. The number of hydrogen-bond acceptors (Lipinski definition) is 3. The lowest BCUT2D eigenvalue weighted by atomic mass is 10.2. The molecule has 1 saturated heterocycles. The second kappa shape index (κ2) is 5.21. The van der Waals surface area contributed by atoms with Crippen molar-refractivity contribution in [1.82, 2.24) is 9.80 Å². The van der Waals surface area contributed by atoms with Crippen LogP contribution in [0.5, 0.6) is 0 Å². The largest absolute Gasteiger partial charge is 0.444 e. The number of carbonyl (C=O) groups excluding carboxylic acids is 1. The van der Waals surface area contributed by atoms with Gasteiger partial charge in [-0.15, -0.1) is 0 Å². The second-order valence-electron chi connectivity index (χ2n) is 6.07. The molecule has 0 aromatic carbocycles. The van der Waals surface area contributed by atoms with Crippen molar-refractivity contribution in [2.75, 3.05) is 26.2 Å². The van der Waals surface area contributed by atoms with Gasteiger partial charge in [-0.3, -0.25) is 0 Å². The number of nitrogens with zero attached hydrogens (tertiary/aromatic N) is 2. The molecule has 2 rings (SSSR count). The highest BCUT2D eigenvalue weighted by Gasteiger charge is 2.25. The van der Waals surface area contributed by atoms with Crippen molar-refractivity contribution < 1.29 is 9.53 Å². The molecule has 0 bridgehead atoms. The Bertz CT molecular complexity index is 338. The Labute approximate surface area is 110 Å². The molecule has 4 nitrogen and oxygen atoms in total. The minimum Gasteiger partial charge on any atom is -0.444 e. The maximum Gasteiger partial charge on any atom is 0.410 e. The van der Waals surface area contributed by atoms with Gasteiger partial charge in [-0.1, -0.05) is 0 Å². The van der Waals surface area contributed by atoms with E-state index in [-0.39, 0.29) is 6.09 Å². The summed E-state index contributed by atoms with van der Waals surface area (Å²) in [6.07, 6.45) is 5.54. The number of likely N-dealkylation sites (tertiary alicyclic amines) is 1. The summed E-state index contributed by atoms with van der Waals surface area (Å²) in [6.45, 7) is 9.52. The Kier molecular flexibility index (Phi) is 3.83. The van der Waals surface area contributed by atoms with E-state index in [9.17, 15) is 4.79 Å². The minimum atomic E-state index is -0.407. The lowest BCUT2D eigenvalue weighted by Gasteiger charge is -2.32. The third kappa shape index (κ3) is 3.40. The molecule has 2 aliphatic heterocycles. The van der Waals surface area contributed by atoms with Gasteiger partial charge < -0.3 is 14.5 Å². The number of ether oxygens (including phenoxy) is 1. The van der Waals surface area contributed by atoms with Crippen LogP contribution in [0.4, 0.5) is 4.79 Å². The van der Waals surface area contributed by atoms with E-state index in [1.165, 1.54) is 31.6 Å². The van der Waals surface area contributed by atoms with Gasteiger partial charge in [0, 0.05) is 38.3 Å². The molecule has 0 saturated carbocycles. The zero-order chi connectivity index (χ0) is 13.2. The normalized spacial score (nSPS) is 20.9. The van der Waals surface area contributed by atoms with E-state index in [0.717, 1.165) is 13.0 Å². The SMILES string of the molecule is CC(C)(C)OC(=O)N1CC=C(N2CCCC2)CC1. The van der Waals surface area contributed by atoms with Crippen molar-refractivity contribution in [1.29, 1.82) is 0 Å². The Morgan fingerprint density at radius 1 is 1.22 bits per heavy atom. The van der Waals surface area contributed by atoms with Gasteiger partial charge in [0.05, 0.1) is 0 Å². The van der Waals surface area contributed by atoms with E-state index in [1.54, 1.807) is 4.90 Å².